The van der Waals surface area contributed by atoms with Crippen molar-refractivity contribution in [1.82, 2.24) is 15.5 Å². The molecule has 1 saturated heterocycles. The molecule has 0 bridgehead atoms. The van der Waals surface area contributed by atoms with Gasteiger partial charge >= 0.3 is 12.0 Å². The van der Waals surface area contributed by atoms with E-state index in [-0.39, 0.29) is 12.6 Å². The van der Waals surface area contributed by atoms with Crippen LogP contribution in [0.2, 0.25) is 0 Å². The van der Waals surface area contributed by atoms with Gasteiger partial charge in [0.25, 0.3) is 0 Å². The standard InChI is InChI=1S/C14H25N3O4/c18-12(19)14(3-1-2-4-14)11-16-13(20)15-5-6-17-7-9-21-10-8-17/h1-11H2,(H,18,19)(H2,15,16,20). The Morgan fingerprint density at radius 2 is 1.81 bits per heavy atom. The van der Waals surface area contributed by atoms with Crippen molar-refractivity contribution in [1.29, 1.82) is 0 Å². The van der Waals surface area contributed by atoms with Crippen LogP contribution in [-0.2, 0) is 9.53 Å². The minimum absolute atomic E-state index is 0.214. The lowest BCUT2D eigenvalue weighted by atomic mass is 9.86. The van der Waals surface area contributed by atoms with Crippen LogP contribution in [0.25, 0.3) is 0 Å². The molecule has 21 heavy (non-hydrogen) atoms. The average Bonchev–Trinajstić information content (AvgIpc) is 2.96. The second kappa shape index (κ2) is 7.61. The predicted octanol–water partition coefficient (Wildman–Crippen LogP) is 0.263. The number of ether oxygens (including phenoxy) is 1. The summed E-state index contributed by atoms with van der Waals surface area (Å²) in [4.78, 5) is 25.3. The first kappa shape index (κ1) is 16.0. The van der Waals surface area contributed by atoms with Gasteiger partial charge in [-0.15, -0.1) is 0 Å². The molecular formula is C14H25N3O4. The Hall–Kier alpha value is -1.34. The Morgan fingerprint density at radius 3 is 2.43 bits per heavy atom. The van der Waals surface area contributed by atoms with E-state index in [0.717, 1.165) is 45.7 Å². The van der Waals surface area contributed by atoms with Crippen LogP contribution in [-0.4, -0.2) is 67.9 Å². The molecule has 1 aliphatic carbocycles. The summed E-state index contributed by atoms with van der Waals surface area (Å²) in [6.45, 7) is 4.84. The molecular weight excluding hydrogens is 274 g/mol. The van der Waals surface area contributed by atoms with Gasteiger partial charge in [0.1, 0.15) is 0 Å². The maximum absolute atomic E-state index is 11.7. The lowest BCUT2D eigenvalue weighted by Crippen LogP contribution is -2.47. The van der Waals surface area contributed by atoms with E-state index in [1.54, 1.807) is 0 Å². The largest absolute Gasteiger partial charge is 0.481 e. The number of nitrogens with zero attached hydrogens (tertiary/aromatic N) is 1. The van der Waals surface area contributed by atoms with Gasteiger partial charge < -0.3 is 20.5 Å². The van der Waals surface area contributed by atoms with E-state index in [2.05, 4.69) is 15.5 Å². The SMILES string of the molecule is O=C(NCCN1CCOCC1)NCC1(C(=O)O)CCCC1. The zero-order valence-electron chi connectivity index (χ0n) is 12.4. The van der Waals surface area contributed by atoms with Gasteiger partial charge in [-0.3, -0.25) is 9.69 Å². The number of carboxylic acids is 1. The van der Waals surface area contributed by atoms with E-state index in [9.17, 15) is 14.7 Å². The molecule has 1 saturated carbocycles. The third-order valence-electron chi connectivity index (χ3n) is 4.42. The normalized spacial score (nSPS) is 21.9. The summed E-state index contributed by atoms with van der Waals surface area (Å²) in [6, 6.07) is -0.282. The fourth-order valence-electron chi connectivity index (χ4n) is 2.98. The lowest BCUT2D eigenvalue weighted by Gasteiger charge is -2.27. The highest BCUT2D eigenvalue weighted by atomic mass is 16.5. The van der Waals surface area contributed by atoms with Crippen LogP contribution in [0.1, 0.15) is 25.7 Å². The molecule has 7 nitrogen and oxygen atoms in total. The van der Waals surface area contributed by atoms with Crippen LogP contribution in [0.15, 0.2) is 0 Å². The molecule has 0 aromatic carbocycles. The summed E-state index contributed by atoms with van der Waals surface area (Å²) in [5.41, 5.74) is -0.762. The number of urea groups is 1. The van der Waals surface area contributed by atoms with Crippen molar-refractivity contribution in [2.75, 3.05) is 45.9 Å². The molecule has 2 rings (SSSR count). The van der Waals surface area contributed by atoms with Gasteiger partial charge in [-0.05, 0) is 12.8 Å². The number of carbonyl (C=O) groups is 2. The van der Waals surface area contributed by atoms with Crippen molar-refractivity contribution in [3.8, 4) is 0 Å². The zero-order chi connectivity index (χ0) is 15.1. The number of nitrogens with one attached hydrogen (secondary N) is 2. The Balaban J connectivity index is 1.63. The van der Waals surface area contributed by atoms with Crippen LogP contribution in [0.4, 0.5) is 4.79 Å². The highest BCUT2D eigenvalue weighted by molar-refractivity contribution is 5.78. The predicted molar refractivity (Wildman–Crippen MR) is 77.2 cm³/mol. The van der Waals surface area contributed by atoms with Gasteiger partial charge in [0.2, 0.25) is 0 Å². The number of carbonyl (C=O) groups excluding carboxylic acids is 1. The number of rotatable bonds is 6. The van der Waals surface area contributed by atoms with Crippen molar-refractivity contribution < 1.29 is 19.4 Å². The van der Waals surface area contributed by atoms with Gasteiger partial charge in [0, 0.05) is 32.7 Å². The Morgan fingerprint density at radius 1 is 1.14 bits per heavy atom. The van der Waals surface area contributed by atoms with Crippen LogP contribution in [0, 0.1) is 5.41 Å². The van der Waals surface area contributed by atoms with Crippen molar-refractivity contribution in [2.45, 2.75) is 25.7 Å². The lowest BCUT2D eigenvalue weighted by molar-refractivity contribution is -0.148. The Labute approximate surface area is 125 Å². The van der Waals surface area contributed by atoms with Gasteiger partial charge in [0.15, 0.2) is 0 Å². The molecule has 0 spiro atoms. The molecule has 2 fully saturated rings. The second-order valence-electron chi connectivity index (χ2n) is 5.86. The highest BCUT2D eigenvalue weighted by Gasteiger charge is 2.41. The fraction of sp³-hybridized carbons (Fsp3) is 0.857. The molecule has 1 heterocycles. The van der Waals surface area contributed by atoms with E-state index in [1.165, 1.54) is 0 Å². The number of amides is 2. The molecule has 1 aliphatic heterocycles. The second-order valence-corrected chi connectivity index (χ2v) is 5.86. The first-order valence-electron chi connectivity index (χ1n) is 7.68. The minimum atomic E-state index is -0.798. The Bertz CT molecular complexity index is 363. The first-order valence-corrected chi connectivity index (χ1v) is 7.68. The van der Waals surface area contributed by atoms with Crippen molar-refractivity contribution >= 4 is 12.0 Å². The molecule has 0 atom stereocenters. The summed E-state index contributed by atoms with van der Waals surface area (Å²) in [7, 11) is 0. The summed E-state index contributed by atoms with van der Waals surface area (Å²) >= 11 is 0. The summed E-state index contributed by atoms with van der Waals surface area (Å²) in [5, 5.41) is 14.8. The van der Waals surface area contributed by atoms with E-state index in [1.807, 2.05) is 0 Å². The summed E-state index contributed by atoms with van der Waals surface area (Å²) < 4.78 is 5.26. The smallest absolute Gasteiger partial charge is 0.314 e. The van der Waals surface area contributed by atoms with Gasteiger partial charge in [0.05, 0.1) is 18.6 Å². The van der Waals surface area contributed by atoms with E-state index in [0.29, 0.717) is 19.4 Å². The molecule has 120 valence electrons. The van der Waals surface area contributed by atoms with Crippen molar-refractivity contribution in [2.24, 2.45) is 5.41 Å². The number of carboxylic acid groups (broad SMARTS) is 1. The highest BCUT2D eigenvalue weighted by Crippen LogP contribution is 2.37. The number of aliphatic carboxylic acids is 1. The Kier molecular flexibility index (Phi) is 5.81. The molecule has 2 amide bonds. The third-order valence-corrected chi connectivity index (χ3v) is 4.42. The zero-order valence-corrected chi connectivity index (χ0v) is 12.4. The minimum Gasteiger partial charge on any atom is -0.481 e. The van der Waals surface area contributed by atoms with E-state index >= 15 is 0 Å². The molecule has 0 aromatic rings. The summed E-state index contributed by atoms with van der Waals surface area (Å²) in [5.74, 6) is -0.798. The van der Waals surface area contributed by atoms with Gasteiger partial charge in [-0.25, -0.2) is 4.79 Å². The number of hydrogen-bond acceptors (Lipinski definition) is 4. The maximum Gasteiger partial charge on any atom is 0.314 e. The van der Waals surface area contributed by atoms with Gasteiger partial charge in [-0.2, -0.15) is 0 Å². The monoisotopic (exact) mass is 299 g/mol. The van der Waals surface area contributed by atoms with Crippen LogP contribution in [0.3, 0.4) is 0 Å². The molecule has 2 aliphatic rings. The number of morpholine rings is 1. The maximum atomic E-state index is 11.7. The van der Waals surface area contributed by atoms with Crippen LogP contribution in [0.5, 0.6) is 0 Å². The van der Waals surface area contributed by atoms with Crippen LogP contribution >= 0.6 is 0 Å². The van der Waals surface area contributed by atoms with Gasteiger partial charge in [-0.1, -0.05) is 12.8 Å². The molecule has 0 unspecified atom stereocenters. The molecule has 0 radical (unpaired) electrons. The quantitative estimate of drug-likeness (QED) is 0.654. The topological polar surface area (TPSA) is 90.9 Å². The average molecular weight is 299 g/mol. The first-order chi connectivity index (χ1) is 10.1. The van der Waals surface area contributed by atoms with Crippen molar-refractivity contribution in [3.63, 3.8) is 0 Å². The molecule has 7 heteroatoms. The number of hydrogen-bond donors (Lipinski definition) is 3. The molecule has 0 aromatic heterocycles. The summed E-state index contributed by atoms with van der Waals surface area (Å²) in [6.07, 6.45) is 3.14. The fourth-order valence-corrected chi connectivity index (χ4v) is 2.98. The van der Waals surface area contributed by atoms with E-state index in [4.69, 9.17) is 4.74 Å². The van der Waals surface area contributed by atoms with E-state index < -0.39 is 11.4 Å². The van der Waals surface area contributed by atoms with Crippen molar-refractivity contribution in [3.05, 3.63) is 0 Å². The third kappa shape index (κ3) is 4.57. The molecule has 3 N–H and O–H groups in total. The van der Waals surface area contributed by atoms with Crippen LogP contribution < -0.4 is 10.6 Å².